The van der Waals surface area contributed by atoms with Crippen LogP contribution in [0.1, 0.15) is 41.8 Å². The van der Waals surface area contributed by atoms with E-state index in [9.17, 15) is 4.79 Å². The highest BCUT2D eigenvalue weighted by molar-refractivity contribution is 6.06. The van der Waals surface area contributed by atoms with Gasteiger partial charge in [-0.15, -0.1) is 0 Å². The molecule has 176 valence electrons. The second-order valence-electron chi connectivity index (χ2n) is 8.45. The lowest BCUT2D eigenvalue weighted by Crippen LogP contribution is -2.13. The monoisotopic (exact) mass is 463 g/mol. The van der Waals surface area contributed by atoms with Crippen LogP contribution in [-0.2, 0) is 0 Å². The second-order valence-corrected chi connectivity index (χ2v) is 8.45. The Morgan fingerprint density at radius 2 is 1.74 bits per heavy atom. The van der Waals surface area contributed by atoms with Crippen molar-refractivity contribution in [1.82, 2.24) is 4.98 Å². The van der Waals surface area contributed by atoms with Crippen molar-refractivity contribution in [3.63, 3.8) is 0 Å². The van der Waals surface area contributed by atoms with Crippen LogP contribution < -0.4 is 10.1 Å². The van der Waals surface area contributed by atoms with Crippen LogP contribution in [0.25, 0.3) is 0 Å². The number of ether oxygens (including phenoxy) is 1. The van der Waals surface area contributed by atoms with Gasteiger partial charge in [0.2, 0.25) is 0 Å². The molecule has 0 spiro atoms. The number of carbonyl (C=O) groups is 1. The Kier molecular flexibility index (Phi) is 7.68. The summed E-state index contributed by atoms with van der Waals surface area (Å²) in [6, 6.07) is 26.9. The molecule has 0 aliphatic rings. The summed E-state index contributed by atoms with van der Waals surface area (Å²) in [6.07, 6.45) is 4.23. The van der Waals surface area contributed by atoms with Gasteiger partial charge in [-0.2, -0.15) is 0 Å². The predicted molar refractivity (Wildman–Crippen MR) is 142 cm³/mol. The largest absolute Gasteiger partial charge is 0.457 e. The summed E-state index contributed by atoms with van der Waals surface area (Å²) < 4.78 is 6.05. The van der Waals surface area contributed by atoms with E-state index in [4.69, 9.17) is 9.73 Å². The lowest BCUT2D eigenvalue weighted by atomic mass is 9.95. The van der Waals surface area contributed by atoms with Gasteiger partial charge in [-0.3, -0.25) is 14.8 Å². The van der Waals surface area contributed by atoms with Crippen LogP contribution in [0.2, 0.25) is 0 Å². The first-order valence-corrected chi connectivity index (χ1v) is 11.8. The zero-order valence-electron chi connectivity index (χ0n) is 20.2. The molecule has 5 nitrogen and oxygen atoms in total. The zero-order valence-corrected chi connectivity index (χ0v) is 20.2. The Hall–Kier alpha value is -4.25. The van der Waals surface area contributed by atoms with Crippen molar-refractivity contribution in [1.29, 1.82) is 0 Å². The highest BCUT2D eigenvalue weighted by Gasteiger charge is 2.15. The molecule has 0 radical (unpaired) electrons. The summed E-state index contributed by atoms with van der Waals surface area (Å²) in [7, 11) is 0. The molecule has 4 rings (SSSR count). The molecule has 0 aliphatic heterocycles. The highest BCUT2D eigenvalue weighted by atomic mass is 16.5. The Morgan fingerprint density at radius 3 is 2.49 bits per heavy atom. The van der Waals surface area contributed by atoms with Gasteiger partial charge in [-0.1, -0.05) is 50.2 Å². The van der Waals surface area contributed by atoms with Gasteiger partial charge in [0.25, 0.3) is 5.91 Å². The van der Waals surface area contributed by atoms with Crippen LogP contribution in [0.3, 0.4) is 0 Å². The minimum Gasteiger partial charge on any atom is -0.457 e. The number of hydrogen-bond donors (Lipinski definition) is 1. The summed E-state index contributed by atoms with van der Waals surface area (Å²) in [5, 5.41) is 2.89. The van der Waals surface area contributed by atoms with E-state index in [-0.39, 0.29) is 11.8 Å². The first-order valence-electron chi connectivity index (χ1n) is 11.8. The molecule has 1 aromatic heterocycles. The van der Waals surface area contributed by atoms with Gasteiger partial charge in [0.15, 0.2) is 0 Å². The molecule has 5 heteroatoms. The molecule has 4 aromatic rings. The molecule has 0 aliphatic carbocycles. The molecule has 1 heterocycles. The number of amides is 1. The molecule has 1 amide bonds. The number of aryl methyl sites for hydroxylation is 1. The van der Waals surface area contributed by atoms with E-state index in [1.165, 1.54) is 0 Å². The number of nitrogens with one attached hydrogen (secondary N) is 1. The molecule has 35 heavy (non-hydrogen) atoms. The molecular weight excluding hydrogens is 434 g/mol. The number of hydrogen-bond acceptors (Lipinski definition) is 4. The maximum atomic E-state index is 12.8. The van der Waals surface area contributed by atoms with E-state index < -0.39 is 0 Å². The van der Waals surface area contributed by atoms with Crippen LogP contribution in [0.4, 0.5) is 11.4 Å². The minimum atomic E-state index is -0.196. The molecule has 3 aromatic carbocycles. The molecule has 0 saturated heterocycles. The van der Waals surface area contributed by atoms with Crippen LogP contribution in [0, 0.1) is 12.8 Å². The summed E-state index contributed by atoms with van der Waals surface area (Å²) in [5.74, 6) is 1.56. The fourth-order valence-corrected chi connectivity index (χ4v) is 3.64. The van der Waals surface area contributed by atoms with E-state index in [0.29, 0.717) is 11.3 Å². The van der Waals surface area contributed by atoms with Crippen LogP contribution >= 0.6 is 0 Å². The smallest absolute Gasteiger partial charge is 0.255 e. The molecule has 1 atom stereocenters. The second kappa shape index (κ2) is 11.3. The SMILES string of the molecule is CCC(C)C(=Nc1cc(C(=O)Nc2cccnc2)ccc1C)c1cccc(Oc2ccccc2)c1. The third-order valence-corrected chi connectivity index (χ3v) is 5.82. The quantitative estimate of drug-likeness (QED) is 0.274. The van der Waals surface area contributed by atoms with Crippen molar-refractivity contribution in [2.24, 2.45) is 10.9 Å². The summed E-state index contributed by atoms with van der Waals surface area (Å²) in [6.45, 7) is 6.32. The van der Waals surface area contributed by atoms with Gasteiger partial charge in [0.1, 0.15) is 11.5 Å². The van der Waals surface area contributed by atoms with Gasteiger partial charge in [0, 0.05) is 11.8 Å². The van der Waals surface area contributed by atoms with Crippen molar-refractivity contribution in [2.75, 3.05) is 5.32 Å². The Labute approximate surface area is 206 Å². The number of pyridine rings is 1. The number of aromatic nitrogens is 1. The van der Waals surface area contributed by atoms with Crippen molar-refractivity contribution < 1.29 is 9.53 Å². The fraction of sp³-hybridized carbons (Fsp3) is 0.167. The predicted octanol–water partition coefficient (Wildman–Crippen LogP) is 7.60. The maximum absolute atomic E-state index is 12.8. The van der Waals surface area contributed by atoms with Gasteiger partial charge in [-0.25, -0.2) is 0 Å². The van der Waals surface area contributed by atoms with Crippen molar-refractivity contribution in [3.8, 4) is 11.5 Å². The maximum Gasteiger partial charge on any atom is 0.255 e. The minimum absolute atomic E-state index is 0.196. The number of para-hydroxylation sites is 1. The Bertz CT molecular complexity index is 1320. The molecular formula is C30H29N3O2. The Balaban J connectivity index is 1.66. The van der Waals surface area contributed by atoms with Gasteiger partial charge in [-0.05, 0) is 78.9 Å². The standard InChI is InChI=1S/C30H29N3O2/c1-4-21(2)29(23-10-8-14-27(18-23)35-26-12-6-5-7-13-26)33-28-19-24(16-15-22(28)3)30(34)32-25-11-9-17-31-20-25/h5-21H,4H2,1-3H3,(H,32,34). The first kappa shape index (κ1) is 23.9. The molecule has 1 N–H and O–H groups in total. The van der Waals surface area contributed by atoms with Crippen LogP contribution in [0.15, 0.2) is 102 Å². The van der Waals surface area contributed by atoms with E-state index in [1.807, 2.05) is 79.7 Å². The van der Waals surface area contributed by atoms with Gasteiger partial charge >= 0.3 is 0 Å². The number of benzene rings is 3. The molecule has 1 unspecified atom stereocenters. The van der Waals surface area contributed by atoms with Crippen molar-refractivity contribution in [2.45, 2.75) is 27.2 Å². The van der Waals surface area contributed by atoms with Crippen molar-refractivity contribution in [3.05, 3.63) is 114 Å². The van der Waals surface area contributed by atoms with E-state index >= 15 is 0 Å². The van der Waals surface area contributed by atoms with Crippen molar-refractivity contribution >= 4 is 23.0 Å². The first-order chi connectivity index (χ1) is 17.0. The lowest BCUT2D eigenvalue weighted by molar-refractivity contribution is 0.102. The lowest BCUT2D eigenvalue weighted by Gasteiger charge is -2.16. The zero-order chi connectivity index (χ0) is 24.6. The average molecular weight is 464 g/mol. The third-order valence-electron chi connectivity index (χ3n) is 5.82. The number of anilines is 1. The Morgan fingerprint density at radius 1 is 0.943 bits per heavy atom. The summed E-state index contributed by atoms with van der Waals surface area (Å²) in [4.78, 5) is 22.0. The number of rotatable bonds is 8. The van der Waals surface area contributed by atoms with E-state index in [2.05, 4.69) is 30.2 Å². The third kappa shape index (κ3) is 6.21. The van der Waals surface area contributed by atoms with E-state index in [0.717, 1.165) is 40.4 Å². The van der Waals surface area contributed by atoms with E-state index in [1.54, 1.807) is 18.5 Å². The molecule has 0 bridgehead atoms. The topological polar surface area (TPSA) is 63.6 Å². The van der Waals surface area contributed by atoms with Crippen LogP contribution in [-0.4, -0.2) is 16.6 Å². The number of aliphatic imine (C=N–C) groups is 1. The average Bonchev–Trinajstić information content (AvgIpc) is 2.89. The highest BCUT2D eigenvalue weighted by Crippen LogP contribution is 2.28. The number of nitrogens with zero attached hydrogens (tertiary/aromatic N) is 2. The van der Waals surface area contributed by atoms with Gasteiger partial charge < -0.3 is 10.1 Å². The molecule has 0 saturated carbocycles. The summed E-state index contributed by atoms with van der Waals surface area (Å²) in [5.41, 5.74) is 4.92. The summed E-state index contributed by atoms with van der Waals surface area (Å²) >= 11 is 0. The van der Waals surface area contributed by atoms with Gasteiger partial charge in [0.05, 0.1) is 23.3 Å². The molecule has 0 fully saturated rings. The van der Waals surface area contributed by atoms with Crippen LogP contribution in [0.5, 0.6) is 11.5 Å². The fourth-order valence-electron chi connectivity index (χ4n) is 3.64. The number of carbonyl (C=O) groups excluding carboxylic acids is 1. The normalized spacial score (nSPS) is 12.1.